The van der Waals surface area contributed by atoms with E-state index in [0.29, 0.717) is 35.8 Å². The molecule has 0 bridgehead atoms. The highest BCUT2D eigenvalue weighted by molar-refractivity contribution is 14.0. The lowest BCUT2D eigenvalue weighted by Crippen LogP contribution is -2.40. The van der Waals surface area contributed by atoms with E-state index in [9.17, 15) is 0 Å². The molecule has 2 N–H and O–H groups in total. The summed E-state index contributed by atoms with van der Waals surface area (Å²) in [6.07, 6.45) is 3.71. The fourth-order valence-electron chi connectivity index (χ4n) is 2.82. The van der Waals surface area contributed by atoms with Gasteiger partial charge in [0.05, 0.1) is 6.04 Å². The van der Waals surface area contributed by atoms with Gasteiger partial charge in [-0.15, -0.1) is 24.0 Å². The average Bonchev–Trinajstić information content (AvgIpc) is 3.39. The first-order valence-corrected chi connectivity index (χ1v) is 10.3. The van der Waals surface area contributed by atoms with E-state index in [1.54, 1.807) is 6.20 Å². The van der Waals surface area contributed by atoms with Crippen molar-refractivity contribution in [2.24, 2.45) is 4.99 Å². The second-order valence-corrected chi connectivity index (χ2v) is 8.33. The van der Waals surface area contributed by atoms with Crippen LogP contribution < -0.4 is 10.6 Å². The molecule has 0 saturated carbocycles. The molecule has 3 rings (SSSR count). The van der Waals surface area contributed by atoms with Gasteiger partial charge in [-0.3, -0.25) is 4.68 Å². The van der Waals surface area contributed by atoms with E-state index in [1.165, 1.54) is 0 Å². The standard InChI is InChI=1S/C21H28ClN7O.HI/c1-5-23-20(25-14-18-27-19(30-28-18)21(2,3)4)24-13-17(29-12-6-11-26-29)15-7-9-16(22)10-8-15;/h6-12,17H,5,13-14H2,1-4H3,(H2,23,24,25);1H. The summed E-state index contributed by atoms with van der Waals surface area (Å²) in [6, 6.07) is 9.68. The number of nitrogens with one attached hydrogen (secondary N) is 2. The highest BCUT2D eigenvalue weighted by Crippen LogP contribution is 2.20. The molecule has 0 fully saturated rings. The van der Waals surface area contributed by atoms with Crippen LogP contribution in [-0.4, -0.2) is 39.0 Å². The highest BCUT2D eigenvalue weighted by Gasteiger charge is 2.21. The third-order valence-corrected chi connectivity index (χ3v) is 4.65. The van der Waals surface area contributed by atoms with Gasteiger partial charge in [-0.25, -0.2) is 4.99 Å². The largest absolute Gasteiger partial charge is 0.357 e. The molecule has 1 atom stereocenters. The molecule has 0 spiro atoms. The number of aliphatic imine (C=N–C) groups is 1. The van der Waals surface area contributed by atoms with Crippen molar-refractivity contribution in [1.82, 2.24) is 30.6 Å². The van der Waals surface area contributed by atoms with E-state index in [4.69, 9.17) is 16.1 Å². The Kier molecular flexibility index (Phi) is 9.30. The quantitative estimate of drug-likeness (QED) is 0.257. The minimum atomic E-state index is -0.187. The van der Waals surface area contributed by atoms with Crippen molar-refractivity contribution < 1.29 is 4.52 Å². The zero-order valence-electron chi connectivity index (χ0n) is 18.2. The lowest BCUT2D eigenvalue weighted by Gasteiger charge is -2.20. The molecule has 2 heterocycles. The van der Waals surface area contributed by atoms with Crippen molar-refractivity contribution in [2.45, 2.75) is 45.7 Å². The van der Waals surface area contributed by atoms with Crippen LogP contribution in [0.15, 0.2) is 52.2 Å². The maximum absolute atomic E-state index is 6.05. The molecule has 2 aromatic heterocycles. The van der Waals surface area contributed by atoms with E-state index < -0.39 is 0 Å². The maximum atomic E-state index is 6.05. The van der Waals surface area contributed by atoms with Gasteiger partial charge in [0, 0.05) is 35.9 Å². The molecular formula is C21H29ClIN7O. The van der Waals surface area contributed by atoms with Gasteiger partial charge in [0.25, 0.3) is 0 Å². The Labute approximate surface area is 204 Å². The molecule has 0 aliphatic heterocycles. The first kappa shape index (κ1) is 25.1. The van der Waals surface area contributed by atoms with Crippen molar-refractivity contribution in [3.05, 3.63) is 65.0 Å². The fraction of sp³-hybridized carbons (Fsp3) is 0.429. The van der Waals surface area contributed by atoms with Gasteiger partial charge in [-0.2, -0.15) is 10.1 Å². The Morgan fingerprint density at radius 2 is 1.97 bits per heavy atom. The van der Waals surface area contributed by atoms with E-state index in [-0.39, 0.29) is 35.4 Å². The first-order chi connectivity index (χ1) is 14.4. The van der Waals surface area contributed by atoms with E-state index in [2.05, 4.69) is 30.9 Å². The monoisotopic (exact) mass is 557 g/mol. The minimum absolute atomic E-state index is 0. The number of benzene rings is 1. The maximum Gasteiger partial charge on any atom is 0.232 e. The SMILES string of the molecule is CCNC(=NCc1noc(C(C)(C)C)n1)NCC(c1ccc(Cl)cc1)n1cccn1.I. The summed E-state index contributed by atoms with van der Waals surface area (Å²) < 4.78 is 7.25. The normalized spacial score (nSPS) is 12.9. The van der Waals surface area contributed by atoms with Gasteiger partial charge in [0.1, 0.15) is 6.54 Å². The van der Waals surface area contributed by atoms with Crippen LogP contribution >= 0.6 is 35.6 Å². The van der Waals surface area contributed by atoms with Crippen LogP contribution in [0.5, 0.6) is 0 Å². The number of guanidine groups is 1. The van der Waals surface area contributed by atoms with Crippen molar-refractivity contribution in [2.75, 3.05) is 13.1 Å². The number of hydrogen-bond acceptors (Lipinski definition) is 5. The molecule has 0 aliphatic rings. The third-order valence-electron chi connectivity index (χ3n) is 4.39. The topological polar surface area (TPSA) is 93.2 Å². The lowest BCUT2D eigenvalue weighted by atomic mass is 9.97. The van der Waals surface area contributed by atoms with Crippen LogP contribution in [0, 0.1) is 0 Å². The molecular weight excluding hydrogens is 529 g/mol. The molecule has 1 unspecified atom stereocenters. The van der Waals surface area contributed by atoms with Crippen molar-refractivity contribution in [1.29, 1.82) is 0 Å². The molecule has 0 aliphatic carbocycles. The van der Waals surface area contributed by atoms with Crippen LogP contribution in [0.1, 0.15) is 51.0 Å². The van der Waals surface area contributed by atoms with Gasteiger partial charge in [0.15, 0.2) is 11.8 Å². The number of hydrogen-bond donors (Lipinski definition) is 2. The Hall–Kier alpha value is -2.14. The summed E-state index contributed by atoms with van der Waals surface area (Å²) in [5.41, 5.74) is 0.909. The van der Waals surface area contributed by atoms with Gasteiger partial charge in [-0.1, -0.05) is 49.7 Å². The zero-order chi connectivity index (χ0) is 21.6. The second-order valence-electron chi connectivity index (χ2n) is 7.90. The number of nitrogens with zero attached hydrogens (tertiary/aromatic N) is 5. The molecule has 31 heavy (non-hydrogen) atoms. The summed E-state index contributed by atoms with van der Waals surface area (Å²) in [7, 11) is 0. The average molecular weight is 558 g/mol. The zero-order valence-corrected chi connectivity index (χ0v) is 21.3. The Balaban J connectivity index is 0.00000341. The van der Waals surface area contributed by atoms with Gasteiger partial charge >= 0.3 is 0 Å². The number of halogens is 2. The minimum Gasteiger partial charge on any atom is -0.357 e. The Bertz CT molecular complexity index is 949. The second kappa shape index (κ2) is 11.5. The summed E-state index contributed by atoms with van der Waals surface area (Å²) in [5.74, 6) is 1.83. The van der Waals surface area contributed by atoms with E-state index >= 15 is 0 Å². The molecule has 1 aromatic carbocycles. The number of rotatable bonds is 7. The van der Waals surface area contributed by atoms with Crippen molar-refractivity contribution in [3.8, 4) is 0 Å². The predicted molar refractivity (Wildman–Crippen MR) is 133 cm³/mol. The van der Waals surface area contributed by atoms with Gasteiger partial charge in [0.2, 0.25) is 5.89 Å². The summed E-state index contributed by atoms with van der Waals surface area (Å²) in [4.78, 5) is 9.04. The fourth-order valence-corrected chi connectivity index (χ4v) is 2.95. The molecule has 0 radical (unpaired) electrons. The van der Waals surface area contributed by atoms with Crippen LogP contribution in [0.3, 0.4) is 0 Å². The molecule has 0 amide bonds. The van der Waals surface area contributed by atoms with Gasteiger partial charge in [-0.05, 0) is 30.7 Å². The van der Waals surface area contributed by atoms with E-state index in [0.717, 1.165) is 12.1 Å². The Morgan fingerprint density at radius 3 is 2.55 bits per heavy atom. The van der Waals surface area contributed by atoms with Crippen molar-refractivity contribution >= 4 is 41.5 Å². The molecule has 0 saturated heterocycles. The van der Waals surface area contributed by atoms with Crippen LogP contribution in [-0.2, 0) is 12.0 Å². The van der Waals surface area contributed by atoms with Crippen LogP contribution in [0.4, 0.5) is 0 Å². The summed E-state index contributed by atoms with van der Waals surface area (Å²) in [6.45, 7) is 9.77. The summed E-state index contributed by atoms with van der Waals surface area (Å²) >= 11 is 6.05. The third kappa shape index (κ3) is 7.20. The van der Waals surface area contributed by atoms with Crippen LogP contribution in [0.25, 0.3) is 0 Å². The lowest BCUT2D eigenvalue weighted by molar-refractivity contribution is 0.318. The molecule has 168 valence electrons. The van der Waals surface area contributed by atoms with E-state index in [1.807, 2.05) is 68.9 Å². The highest BCUT2D eigenvalue weighted by atomic mass is 127. The Morgan fingerprint density at radius 1 is 1.23 bits per heavy atom. The number of aromatic nitrogens is 4. The molecule has 10 heteroatoms. The van der Waals surface area contributed by atoms with Gasteiger partial charge < -0.3 is 15.2 Å². The molecule has 8 nitrogen and oxygen atoms in total. The van der Waals surface area contributed by atoms with Crippen molar-refractivity contribution in [3.63, 3.8) is 0 Å². The smallest absolute Gasteiger partial charge is 0.232 e. The molecule has 3 aromatic rings. The van der Waals surface area contributed by atoms with Crippen LogP contribution in [0.2, 0.25) is 5.02 Å². The first-order valence-electron chi connectivity index (χ1n) is 9.96. The predicted octanol–water partition coefficient (Wildman–Crippen LogP) is 4.18. The summed E-state index contributed by atoms with van der Waals surface area (Å²) in [5, 5.41) is 15.8.